The normalized spacial score (nSPS) is 18.3. The molecule has 76 valence electrons. The van der Waals surface area contributed by atoms with Gasteiger partial charge in [-0.2, -0.15) is 0 Å². The molecule has 0 spiro atoms. The molecule has 1 fully saturated rings. The summed E-state index contributed by atoms with van der Waals surface area (Å²) in [4.78, 5) is 0. The van der Waals surface area contributed by atoms with Gasteiger partial charge in [-0.25, -0.2) is 4.39 Å². The number of halogens is 3. The third kappa shape index (κ3) is 1.47. The third-order valence-corrected chi connectivity index (χ3v) is 3.75. The van der Waals surface area contributed by atoms with E-state index in [1.807, 2.05) is 0 Å². The molecule has 0 aromatic heterocycles. The minimum Gasteiger partial charge on any atom is -0.330 e. The van der Waals surface area contributed by atoms with Crippen LogP contribution in [0.3, 0.4) is 0 Å². The summed E-state index contributed by atoms with van der Waals surface area (Å²) in [6, 6.07) is 3.33. The largest absolute Gasteiger partial charge is 0.330 e. The maximum atomic E-state index is 13.8. The molecule has 0 saturated heterocycles. The zero-order valence-corrected chi connectivity index (χ0v) is 9.83. The van der Waals surface area contributed by atoms with Gasteiger partial charge in [-0.15, -0.1) is 0 Å². The molecule has 0 unspecified atom stereocenters. The van der Waals surface area contributed by atoms with Gasteiger partial charge in [-0.3, -0.25) is 0 Å². The van der Waals surface area contributed by atoms with Crippen LogP contribution in [0.5, 0.6) is 0 Å². The van der Waals surface area contributed by atoms with E-state index in [1.54, 1.807) is 12.1 Å². The molecule has 1 aromatic carbocycles. The van der Waals surface area contributed by atoms with Crippen molar-refractivity contribution in [2.45, 2.75) is 18.3 Å². The van der Waals surface area contributed by atoms with E-state index in [4.69, 9.17) is 17.3 Å². The second kappa shape index (κ2) is 3.47. The fraction of sp³-hybridized carbons (Fsp3) is 0.400. The fourth-order valence-corrected chi connectivity index (χ4v) is 2.40. The Labute approximate surface area is 95.6 Å². The molecule has 4 heteroatoms. The van der Waals surface area contributed by atoms with Gasteiger partial charge in [-0.1, -0.05) is 11.6 Å². The highest BCUT2D eigenvalue weighted by molar-refractivity contribution is 9.10. The van der Waals surface area contributed by atoms with E-state index in [0.29, 0.717) is 21.6 Å². The van der Waals surface area contributed by atoms with E-state index in [-0.39, 0.29) is 11.2 Å². The first-order chi connectivity index (χ1) is 6.60. The van der Waals surface area contributed by atoms with Crippen LogP contribution in [0.2, 0.25) is 5.02 Å². The Balaban J connectivity index is 2.57. The number of hydrogen-bond acceptors (Lipinski definition) is 1. The van der Waals surface area contributed by atoms with Gasteiger partial charge in [0.25, 0.3) is 0 Å². The topological polar surface area (TPSA) is 26.0 Å². The molecule has 0 bridgehead atoms. The lowest BCUT2D eigenvalue weighted by Crippen LogP contribution is -2.21. The number of hydrogen-bond donors (Lipinski definition) is 1. The van der Waals surface area contributed by atoms with Gasteiger partial charge >= 0.3 is 0 Å². The number of benzene rings is 1. The van der Waals surface area contributed by atoms with Crippen molar-refractivity contribution >= 4 is 27.5 Å². The molecule has 0 atom stereocenters. The van der Waals surface area contributed by atoms with Crippen LogP contribution in [0.1, 0.15) is 18.4 Å². The highest BCUT2D eigenvalue weighted by Gasteiger charge is 2.46. The van der Waals surface area contributed by atoms with E-state index < -0.39 is 0 Å². The van der Waals surface area contributed by atoms with Crippen LogP contribution in [-0.2, 0) is 5.41 Å². The Morgan fingerprint density at radius 2 is 2.14 bits per heavy atom. The highest BCUT2D eigenvalue weighted by Crippen LogP contribution is 2.51. The van der Waals surface area contributed by atoms with Crippen LogP contribution in [0.4, 0.5) is 4.39 Å². The molecule has 1 aromatic rings. The second-order valence-corrected chi connectivity index (χ2v) is 4.96. The lowest BCUT2D eigenvalue weighted by atomic mass is 9.95. The van der Waals surface area contributed by atoms with Crippen LogP contribution >= 0.6 is 27.5 Å². The van der Waals surface area contributed by atoms with Crippen molar-refractivity contribution in [3.05, 3.63) is 33.0 Å². The minimum absolute atomic E-state index is 0.203. The monoisotopic (exact) mass is 277 g/mol. The van der Waals surface area contributed by atoms with Crippen LogP contribution in [0, 0.1) is 5.82 Å². The first-order valence-corrected chi connectivity index (χ1v) is 5.62. The SMILES string of the molecule is NCC1(c2c(Cl)ccc(Br)c2F)CC1. The zero-order valence-electron chi connectivity index (χ0n) is 7.49. The van der Waals surface area contributed by atoms with Crippen molar-refractivity contribution in [2.24, 2.45) is 5.73 Å². The van der Waals surface area contributed by atoms with Crippen molar-refractivity contribution in [3.63, 3.8) is 0 Å². The van der Waals surface area contributed by atoms with Crippen molar-refractivity contribution in [2.75, 3.05) is 6.54 Å². The quantitative estimate of drug-likeness (QED) is 0.826. The summed E-state index contributed by atoms with van der Waals surface area (Å²) in [6.45, 7) is 0.458. The maximum Gasteiger partial charge on any atom is 0.142 e. The lowest BCUT2D eigenvalue weighted by Gasteiger charge is -2.16. The molecule has 2 rings (SSSR count). The summed E-state index contributed by atoms with van der Waals surface area (Å²) in [5.41, 5.74) is 6.02. The van der Waals surface area contributed by atoms with Gasteiger partial charge < -0.3 is 5.73 Å². The van der Waals surface area contributed by atoms with Gasteiger partial charge in [0.2, 0.25) is 0 Å². The molecular weight excluding hydrogens is 268 g/mol. The number of rotatable bonds is 2. The van der Waals surface area contributed by atoms with E-state index in [0.717, 1.165) is 12.8 Å². The van der Waals surface area contributed by atoms with Crippen LogP contribution in [0.15, 0.2) is 16.6 Å². The average molecular weight is 279 g/mol. The Morgan fingerprint density at radius 1 is 1.50 bits per heavy atom. The smallest absolute Gasteiger partial charge is 0.142 e. The third-order valence-electron chi connectivity index (χ3n) is 2.82. The summed E-state index contributed by atoms with van der Waals surface area (Å²) in [5, 5.41) is 0.480. The zero-order chi connectivity index (χ0) is 10.3. The predicted molar refractivity (Wildman–Crippen MR) is 59.1 cm³/mol. The maximum absolute atomic E-state index is 13.8. The van der Waals surface area contributed by atoms with Crippen molar-refractivity contribution in [1.29, 1.82) is 0 Å². The van der Waals surface area contributed by atoms with Gasteiger partial charge in [0, 0.05) is 22.5 Å². The predicted octanol–water partition coefficient (Wildman–Crippen LogP) is 3.23. The van der Waals surface area contributed by atoms with Gasteiger partial charge in [0.1, 0.15) is 5.82 Å². The molecule has 2 N–H and O–H groups in total. The van der Waals surface area contributed by atoms with E-state index in [9.17, 15) is 4.39 Å². The lowest BCUT2D eigenvalue weighted by molar-refractivity contribution is 0.568. The first-order valence-electron chi connectivity index (χ1n) is 4.45. The Morgan fingerprint density at radius 3 is 2.64 bits per heavy atom. The minimum atomic E-state index is -0.263. The van der Waals surface area contributed by atoms with E-state index in [1.165, 1.54) is 0 Å². The van der Waals surface area contributed by atoms with Crippen molar-refractivity contribution < 1.29 is 4.39 Å². The molecule has 14 heavy (non-hydrogen) atoms. The highest BCUT2D eigenvalue weighted by atomic mass is 79.9. The summed E-state index contributed by atoms with van der Waals surface area (Å²) < 4.78 is 14.3. The van der Waals surface area contributed by atoms with Gasteiger partial charge in [-0.05, 0) is 40.9 Å². The molecule has 1 nitrogen and oxygen atoms in total. The van der Waals surface area contributed by atoms with Crippen LogP contribution in [0.25, 0.3) is 0 Å². The molecule has 0 aliphatic heterocycles. The van der Waals surface area contributed by atoms with Gasteiger partial charge in [0.05, 0.1) is 4.47 Å². The van der Waals surface area contributed by atoms with Crippen LogP contribution in [-0.4, -0.2) is 6.54 Å². The average Bonchev–Trinajstić information content (AvgIpc) is 2.93. The van der Waals surface area contributed by atoms with Crippen LogP contribution < -0.4 is 5.73 Å². The van der Waals surface area contributed by atoms with Gasteiger partial charge in [0.15, 0.2) is 0 Å². The molecule has 1 aliphatic rings. The van der Waals surface area contributed by atoms with Crippen molar-refractivity contribution in [3.8, 4) is 0 Å². The summed E-state index contributed by atoms with van der Waals surface area (Å²) in [5.74, 6) is -0.263. The summed E-state index contributed by atoms with van der Waals surface area (Å²) in [7, 11) is 0. The summed E-state index contributed by atoms with van der Waals surface area (Å²) >= 11 is 9.14. The standard InChI is InChI=1S/C10H10BrClFN/c11-6-1-2-7(12)8(9(6)13)10(5-14)3-4-10/h1-2H,3-5,14H2. The molecule has 1 aliphatic carbocycles. The molecule has 0 amide bonds. The molecular formula is C10H10BrClFN. The van der Waals surface area contributed by atoms with Crippen molar-refractivity contribution in [1.82, 2.24) is 0 Å². The Hall–Kier alpha value is -0.120. The molecule has 1 saturated carbocycles. The van der Waals surface area contributed by atoms with E-state index >= 15 is 0 Å². The summed E-state index contributed by atoms with van der Waals surface area (Å²) in [6.07, 6.45) is 1.85. The second-order valence-electron chi connectivity index (χ2n) is 3.70. The molecule has 0 radical (unpaired) electrons. The number of nitrogens with two attached hydrogens (primary N) is 1. The van der Waals surface area contributed by atoms with E-state index in [2.05, 4.69) is 15.9 Å². The fourth-order valence-electron chi connectivity index (χ4n) is 1.72. The first kappa shape index (κ1) is 10.4. The Bertz CT molecular complexity index is 377. The Kier molecular flexibility index (Phi) is 2.58. The molecule has 0 heterocycles.